The standard InChI is InChI=1S/C25H24F2N4O2/c1-15-20(11-12-22(32)28-14-17-7-4-5-10-21(17)27)25(33-3)29-24-23(15)16(2)30-31(24)19-9-6-8-18(26)13-19/h4-10,13H,11-12,14H2,1-3H3,(H,28,32). The molecule has 0 fully saturated rings. The number of pyridine rings is 1. The van der Waals surface area contributed by atoms with Crippen LogP contribution in [0.15, 0.2) is 48.5 Å². The largest absolute Gasteiger partial charge is 0.481 e. The van der Waals surface area contributed by atoms with Crippen molar-refractivity contribution in [3.05, 3.63) is 82.5 Å². The van der Waals surface area contributed by atoms with Crippen LogP contribution in [0.3, 0.4) is 0 Å². The molecular weight excluding hydrogens is 426 g/mol. The lowest BCUT2D eigenvalue weighted by Gasteiger charge is -2.13. The number of carbonyl (C=O) groups is 1. The molecule has 0 atom stereocenters. The van der Waals surface area contributed by atoms with Crippen LogP contribution in [0.1, 0.15) is 28.8 Å². The average Bonchev–Trinajstić information content (AvgIpc) is 3.14. The van der Waals surface area contributed by atoms with Gasteiger partial charge in [0.1, 0.15) is 11.6 Å². The predicted molar refractivity (Wildman–Crippen MR) is 121 cm³/mol. The number of aryl methyl sites for hydroxylation is 2. The summed E-state index contributed by atoms with van der Waals surface area (Å²) in [5, 5.41) is 8.15. The Balaban J connectivity index is 1.59. The number of benzene rings is 2. The molecule has 0 radical (unpaired) electrons. The van der Waals surface area contributed by atoms with Gasteiger partial charge in [-0.05, 0) is 50.1 Å². The number of halogens is 2. The average molecular weight is 450 g/mol. The van der Waals surface area contributed by atoms with Crippen molar-refractivity contribution in [1.29, 1.82) is 0 Å². The number of fused-ring (bicyclic) bond motifs is 1. The molecule has 0 aliphatic rings. The highest BCUT2D eigenvalue weighted by Gasteiger charge is 2.20. The Bertz CT molecular complexity index is 1330. The van der Waals surface area contributed by atoms with Crippen LogP contribution in [0.5, 0.6) is 5.88 Å². The molecular formula is C25H24F2N4O2. The van der Waals surface area contributed by atoms with Crippen molar-refractivity contribution < 1.29 is 18.3 Å². The molecule has 2 aromatic heterocycles. The van der Waals surface area contributed by atoms with Gasteiger partial charge in [0.2, 0.25) is 11.8 Å². The molecule has 0 aliphatic heterocycles. The normalized spacial score (nSPS) is 11.1. The first-order valence-corrected chi connectivity index (χ1v) is 10.6. The quantitative estimate of drug-likeness (QED) is 0.448. The molecule has 170 valence electrons. The van der Waals surface area contributed by atoms with Crippen LogP contribution in [0.25, 0.3) is 16.7 Å². The molecule has 4 aromatic rings. The van der Waals surface area contributed by atoms with Gasteiger partial charge in [0.15, 0.2) is 5.65 Å². The zero-order chi connectivity index (χ0) is 23.5. The van der Waals surface area contributed by atoms with Gasteiger partial charge in [-0.25, -0.2) is 13.5 Å². The zero-order valence-corrected chi connectivity index (χ0v) is 18.7. The zero-order valence-electron chi connectivity index (χ0n) is 18.7. The number of rotatable bonds is 7. The van der Waals surface area contributed by atoms with Crippen molar-refractivity contribution in [1.82, 2.24) is 20.1 Å². The third-order valence-corrected chi connectivity index (χ3v) is 5.61. The fraction of sp³-hybridized carbons (Fsp3) is 0.240. The number of nitrogens with zero attached hydrogens (tertiary/aromatic N) is 3. The number of hydrogen-bond acceptors (Lipinski definition) is 4. The van der Waals surface area contributed by atoms with Crippen molar-refractivity contribution in [3.8, 4) is 11.6 Å². The molecule has 4 rings (SSSR count). The SMILES string of the molecule is COc1nc2c(c(C)nn2-c2cccc(F)c2)c(C)c1CCC(=O)NCc1ccccc1F. The highest BCUT2D eigenvalue weighted by atomic mass is 19.1. The topological polar surface area (TPSA) is 69.0 Å². The van der Waals surface area contributed by atoms with E-state index in [1.807, 2.05) is 13.8 Å². The van der Waals surface area contributed by atoms with Crippen molar-refractivity contribution in [3.63, 3.8) is 0 Å². The lowest BCUT2D eigenvalue weighted by molar-refractivity contribution is -0.121. The van der Waals surface area contributed by atoms with E-state index < -0.39 is 0 Å². The number of methoxy groups -OCH3 is 1. The van der Waals surface area contributed by atoms with Gasteiger partial charge < -0.3 is 10.1 Å². The first kappa shape index (κ1) is 22.4. The molecule has 0 aliphatic carbocycles. The Hall–Kier alpha value is -3.81. The van der Waals surface area contributed by atoms with Crippen LogP contribution in [-0.2, 0) is 17.8 Å². The maximum atomic E-state index is 13.8. The van der Waals surface area contributed by atoms with Crippen molar-refractivity contribution >= 4 is 16.9 Å². The first-order valence-electron chi connectivity index (χ1n) is 10.6. The third kappa shape index (κ3) is 4.55. The molecule has 0 saturated heterocycles. The van der Waals surface area contributed by atoms with Gasteiger partial charge in [0.05, 0.1) is 18.5 Å². The summed E-state index contributed by atoms with van der Waals surface area (Å²) in [5.74, 6) is -0.530. The number of ether oxygens (including phenoxy) is 1. The van der Waals surface area contributed by atoms with Crippen LogP contribution in [-0.4, -0.2) is 27.8 Å². The highest BCUT2D eigenvalue weighted by molar-refractivity contribution is 5.86. The summed E-state index contributed by atoms with van der Waals surface area (Å²) < 4.78 is 34.7. The van der Waals surface area contributed by atoms with E-state index in [0.29, 0.717) is 29.2 Å². The second kappa shape index (κ2) is 9.36. The van der Waals surface area contributed by atoms with E-state index >= 15 is 0 Å². The van der Waals surface area contributed by atoms with Gasteiger partial charge in [-0.1, -0.05) is 24.3 Å². The minimum Gasteiger partial charge on any atom is -0.481 e. The molecule has 1 amide bonds. The molecule has 6 nitrogen and oxygen atoms in total. The molecule has 0 unspecified atom stereocenters. The summed E-state index contributed by atoms with van der Waals surface area (Å²) in [7, 11) is 1.52. The summed E-state index contributed by atoms with van der Waals surface area (Å²) in [6.45, 7) is 3.92. The Morgan fingerprint density at radius 3 is 2.64 bits per heavy atom. The number of nitrogens with one attached hydrogen (secondary N) is 1. The molecule has 2 aromatic carbocycles. The van der Waals surface area contributed by atoms with Gasteiger partial charge in [0.25, 0.3) is 0 Å². The maximum Gasteiger partial charge on any atom is 0.220 e. The minimum absolute atomic E-state index is 0.123. The lowest BCUT2D eigenvalue weighted by Crippen LogP contribution is -2.23. The van der Waals surface area contributed by atoms with E-state index in [4.69, 9.17) is 4.74 Å². The Morgan fingerprint density at radius 1 is 1.12 bits per heavy atom. The maximum absolute atomic E-state index is 13.8. The number of carbonyl (C=O) groups excluding carboxylic acids is 1. The molecule has 0 bridgehead atoms. The Labute approximate surface area is 190 Å². The van der Waals surface area contributed by atoms with E-state index in [0.717, 1.165) is 22.2 Å². The minimum atomic E-state index is -0.365. The summed E-state index contributed by atoms with van der Waals surface area (Å²) in [6, 6.07) is 12.5. The summed E-state index contributed by atoms with van der Waals surface area (Å²) in [5.41, 5.74) is 3.99. The van der Waals surface area contributed by atoms with Gasteiger partial charge in [-0.3, -0.25) is 4.79 Å². The third-order valence-electron chi connectivity index (χ3n) is 5.61. The molecule has 0 saturated carbocycles. The first-order chi connectivity index (χ1) is 15.9. The van der Waals surface area contributed by atoms with E-state index in [9.17, 15) is 13.6 Å². The molecule has 33 heavy (non-hydrogen) atoms. The number of amides is 1. The van der Waals surface area contributed by atoms with Crippen LogP contribution in [0.4, 0.5) is 8.78 Å². The smallest absolute Gasteiger partial charge is 0.220 e. The summed E-state index contributed by atoms with van der Waals surface area (Å²) in [6.07, 6.45) is 0.585. The van der Waals surface area contributed by atoms with E-state index in [1.54, 1.807) is 35.0 Å². The molecule has 8 heteroatoms. The number of hydrogen-bond donors (Lipinski definition) is 1. The second-order valence-electron chi connectivity index (χ2n) is 7.77. The van der Waals surface area contributed by atoms with Crippen molar-refractivity contribution in [2.45, 2.75) is 33.2 Å². The monoisotopic (exact) mass is 450 g/mol. The van der Waals surface area contributed by atoms with Gasteiger partial charge in [0, 0.05) is 29.5 Å². The van der Waals surface area contributed by atoms with E-state index in [-0.39, 0.29) is 30.5 Å². The van der Waals surface area contributed by atoms with Crippen LogP contribution < -0.4 is 10.1 Å². The lowest BCUT2D eigenvalue weighted by atomic mass is 10.0. The van der Waals surface area contributed by atoms with Crippen LogP contribution in [0.2, 0.25) is 0 Å². The second-order valence-corrected chi connectivity index (χ2v) is 7.77. The Morgan fingerprint density at radius 2 is 1.91 bits per heavy atom. The summed E-state index contributed by atoms with van der Waals surface area (Å²) >= 11 is 0. The van der Waals surface area contributed by atoms with Gasteiger partial charge >= 0.3 is 0 Å². The van der Waals surface area contributed by atoms with Crippen molar-refractivity contribution in [2.24, 2.45) is 0 Å². The fourth-order valence-corrected chi connectivity index (χ4v) is 3.95. The predicted octanol–water partition coefficient (Wildman–Crippen LogP) is 4.57. The van der Waals surface area contributed by atoms with Crippen molar-refractivity contribution in [2.75, 3.05) is 7.11 Å². The van der Waals surface area contributed by atoms with Gasteiger partial charge in [-0.15, -0.1) is 0 Å². The van der Waals surface area contributed by atoms with E-state index in [1.165, 1.54) is 25.3 Å². The van der Waals surface area contributed by atoms with Crippen LogP contribution in [0, 0.1) is 25.5 Å². The van der Waals surface area contributed by atoms with E-state index in [2.05, 4.69) is 15.4 Å². The Kier molecular flexibility index (Phi) is 6.35. The molecule has 2 heterocycles. The van der Waals surface area contributed by atoms with Gasteiger partial charge in [-0.2, -0.15) is 10.1 Å². The molecule has 0 spiro atoms. The number of aromatic nitrogens is 3. The molecule has 1 N–H and O–H groups in total. The fourth-order valence-electron chi connectivity index (χ4n) is 3.95. The summed E-state index contributed by atoms with van der Waals surface area (Å²) in [4.78, 5) is 17.1. The van der Waals surface area contributed by atoms with Crippen LogP contribution >= 0.6 is 0 Å². The highest BCUT2D eigenvalue weighted by Crippen LogP contribution is 2.32.